The van der Waals surface area contributed by atoms with Crippen LogP contribution in [0.15, 0.2) is 35.7 Å². The van der Waals surface area contributed by atoms with E-state index in [4.69, 9.17) is 0 Å². The molecular formula is C20H26N2OS. The highest BCUT2D eigenvalue weighted by atomic mass is 32.1. The standard InChI is InChI=1S/C20H26N2OS/c1-13(2)16-6-8-17(9-7-16)20(14(3)4)22-19(23)11-10-18-12-24-15(5)21-18/h6-14,20H,1-5H3,(H,22,23)/b11-10+. The molecule has 24 heavy (non-hydrogen) atoms. The molecule has 2 aromatic rings. The number of nitrogens with zero attached hydrogens (tertiary/aromatic N) is 1. The summed E-state index contributed by atoms with van der Waals surface area (Å²) in [5, 5.41) is 6.06. The third kappa shape index (κ3) is 5.03. The van der Waals surface area contributed by atoms with E-state index in [1.807, 2.05) is 12.3 Å². The van der Waals surface area contributed by atoms with Gasteiger partial charge in [0.15, 0.2) is 0 Å². The Kier molecular flexibility index (Phi) is 6.32. The highest BCUT2D eigenvalue weighted by Crippen LogP contribution is 2.24. The highest BCUT2D eigenvalue weighted by Gasteiger charge is 2.17. The Bertz CT molecular complexity index is 699. The Labute approximate surface area is 148 Å². The molecular weight excluding hydrogens is 316 g/mol. The number of thiazole rings is 1. The van der Waals surface area contributed by atoms with Crippen LogP contribution in [0.4, 0.5) is 0 Å². The Morgan fingerprint density at radius 2 is 1.75 bits per heavy atom. The van der Waals surface area contributed by atoms with Gasteiger partial charge in [0, 0.05) is 11.5 Å². The molecule has 0 saturated heterocycles. The Morgan fingerprint density at radius 3 is 2.25 bits per heavy atom. The summed E-state index contributed by atoms with van der Waals surface area (Å²) in [5.41, 5.74) is 3.28. The van der Waals surface area contributed by atoms with Gasteiger partial charge < -0.3 is 5.32 Å². The number of hydrogen-bond acceptors (Lipinski definition) is 3. The molecule has 128 valence electrons. The van der Waals surface area contributed by atoms with Crippen molar-refractivity contribution >= 4 is 23.3 Å². The van der Waals surface area contributed by atoms with Crippen molar-refractivity contribution in [1.29, 1.82) is 0 Å². The lowest BCUT2D eigenvalue weighted by atomic mass is 9.93. The molecule has 0 saturated carbocycles. The maximum atomic E-state index is 12.3. The van der Waals surface area contributed by atoms with E-state index < -0.39 is 0 Å². The molecule has 0 fully saturated rings. The molecule has 1 atom stereocenters. The first-order valence-electron chi connectivity index (χ1n) is 8.37. The molecule has 0 aliphatic heterocycles. The van der Waals surface area contributed by atoms with Gasteiger partial charge >= 0.3 is 0 Å². The molecule has 0 aliphatic rings. The summed E-state index contributed by atoms with van der Waals surface area (Å²) in [6.07, 6.45) is 3.32. The summed E-state index contributed by atoms with van der Waals surface area (Å²) in [6.45, 7) is 10.6. The molecule has 4 heteroatoms. The molecule has 1 heterocycles. The predicted molar refractivity (Wildman–Crippen MR) is 102 cm³/mol. The molecule has 3 nitrogen and oxygen atoms in total. The molecule has 0 spiro atoms. The number of carbonyl (C=O) groups excluding carboxylic acids is 1. The molecule has 1 aromatic heterocycles. The predicted octanol–water partition coefficient (Wildman–Crippen LogP) is 5.10. The monoisotopic (exact) mass is 342 g/mol. The van der Waals surface area contributed by atoms with Crippen molar-refractivity contribution in [3.8, 4) is 0 Å². The van der Waals surface area contributed by atoms with E-state index in [0.717, 1.165) is 16.3 Å². The summed E-state index contributed by atoms with van der Waals surface area (Å²) < 4.78 is 0. The summed E-state index contributed by atoms with van der Waals surface area (Å²) in [6, 6.07) is 8.53. The van der Waals surface area contributed by atoms with Crippen LogP contribution < -0.4 is 5.32 Å². The maximum Gasteiger partial charge on any atom is 0.244 e. The number of amides is 1. The minimum absolute atomic E-state index is 0.000493. The first kappa shape index (κ1) is 18.4. The normalized spacial score (nSPS) is 13.0. The van der Waals surface area contributed by atoms with Gasteiger partial charge in [-0.3, -0.25) is 4.79 Å². The second kappa shape index (κ2) is 8.25. The van der Waals surface area contributed by atoms with Gasteiger partial charge in [0.05, 0.1) is 16.7 Å². The van der Waals surface area contributed by atoms with Crippen LogP contribution in [0.2, 0.25) is 0 Å². The molecule has 0 radical (unpaired) electrons. The minimum atomic E-state index is -0.0905. The number of nitrogens with one attached hydrogen (secondary N) is 1. The summed E-state index contributed by atoms with van der Waals surface area (Å²) >= 11 is 1.58. The first-order valence-corrected chi connectivity index (χ1v) is 9.25. The van der Waals surface area contributed by atoms with Gasteiger partial charge in [-0.2, -0.15) is 0 Å². The quantitative estimate of drug-likeness (QED) is 0.742. The number of rotatable bonds is 6. The molecule has 1 amide bonds. The van der Waals surface area contributed by atoms with E-state index >= 15 is 0 Å². The van der Waals surface area contributed by atoms with Gasteiger partial charge in [-0.05, 0) is 36.0 Å². The summed E-state index contributed by atoms with van der Waals surface area (Å²) in [5.74, 6) is 0.733. The molecule has 1 aromatic carbocycles. The first-order chi connectivity index (χ1) is 11.4. The van der Waals surface area contributed by atoms with Gasteiger partial charge in [0.1, 0.15) is 0 Å². The third-order valence-electron chi connectivity index (χ3n) is 3.97. The Balaban J connectivity index is 2.07. The van der Waals surface area contributed by atoms with E-state index in [1.165, 1.54) is 5.56 Å². The SMILES string of the molecule is Cc1nc(/C=C/C(=O)NC(c2ccc(C(C)C)cc2)C(C)C)cs1. The second-order valence-electron chi connectivity index (χ2n) is 6.68. The van der Waals surface area contributed by atoms with Crippen molar-refractivity contribution in [3.05, 3.63) is 57.6 Å². The Morgan fingerprint density at radius 1 is 1.12 bits per heavy atom. The number of aryl methyl sites for hydroxylation is 1. The average Bonchev–Trinajstić information content (AvgIpc) is 2.96. The minimum Gasteiger partial charge on any atom is -0.345 e. The van der Waals surface area contributed by atoms with Crippen molar-refractivity contribution in [2.45, 2.75) is 46.6 Å². The number of hydrogen-bond donors (Lipinski definition) is 1. The highest BCUT2D eigenvalue weighted by molar-refractivity contribution is 7.09. The van der Waals surface area contributed by atoms with Crippen molar-refractivity contribution in [3.63, 3.8) is 0 Å². The topological polar surface area (TPSA) is 42.0 Å². The van der Waals surface area contributed by atoms with Crippen LogP contribution in [0.5, 0.6) is 0 Å². The fourth-order valence-corrected chi connectivity index (χ4v) is 3.12. The average molecular weight is 343 g/mol. The fourth-order valence-electron chi connectivity index (χ4n) is 2.54. The molecule has 1 N–H and O–H groups in total. The number of benzene rings is 1. The third-order valence-corrected chi connectivity index (χ3v) is 4.76. The van der Waals surface area contributed by atoms with E-state index in [-0.39, 0.29) is 11.9 Å². The number of aromatic nitrogens is 1. The zero-order valence-electron chi connectivity index (χ0n) is 15.0. The van der Waals surface area contributed by atoms with Crippen LogP contribution in [0.25, 0.3) is 6.08 Å². The lowest BCUT2D eigenvalue weighted by Crippen LogP contribution is -2.30. The van der Waals surface area contributed by atoms with Crippen molar-refractivity contribution in [2.75, 3.05) is 0 Å². The largest absolute Gasteiger partial charge is 0.345 e. The lowest BCUT2D eigenvalue weighted by molar-refractivity contribution is -0.117. The van der Waals surface area contributed by atoms with Crippen molar-refractivity contribution < 1.29 is 4.79 Å². The van der Waals surface area contributed by atoms with E-state index in [9.17, 15) is 4.79 Å². The van der Waals surface area contributed by atoms with Crippen molar-refractivity contribution in [2.24, 2.45) is 5.92 Å². The smallest absolute Gasteiger partial charge is 0.244 e. The van der Waals surface area contributed by atoms with Crippen LogP contribution in [0.1, 0.15) is 61.5 Å². The van der Waals surface area contributed by atoms with Gasteiger partial charge in [-0.1, -0.05) is 52.0 Å². The van der Waals surface area contributed by atoms with Crippen LogP contribution in [0.3, 0.4) is 0 Å². The van der Waals surface area contributed by atoms with Crippen LogP contribution in [-0.2, 0) is 4.79 Å². The van der Waals surface area contributed by atoms with Gasteiger partial charge in [0.25, 0.3) is 0 Å². The molecule has 1 unspecified atom stereocenters. The summed E-state index contributed by atoms with van der Waals surface area (Å²) in [7, 11) is 0. The van der Waals surface area contributed by atoms with Gasteiger partial charge in [-0.25, -0.2) is 4.98 Å². The van der Waals surface area contributed by atoms with Crippen molar-refractivity contribution in [1.82, 2.24) is 10.3 Å². The fraction of sp³-hybridized carbons (Fsp3) is 0.400. The Hall–Kier alpha value is -1.94. The van der Waals surface area contributed by atoms with E-state index in [1.54, 1.807) is 23.5 Å². The van der Waals surface area contributed by atoms with Crippen LogP contribution in [0, 0.1) is 12.8 Å². The summed E-state index contributed by atoms with van der Waals surface area (Å²) in [4.78, 5) is 16.6. The van der Waals surface area contributed by atoms with Crippen LogP contribution >= 0.6 is 11.3 Å². The van der Waals surface area contributed by atoms with E-state index in [2.05, 4.69) is 62.3 Å². The van der Waals surface area contributed by atoms with Gasteiger partial charge in [-0.15, -0.1) is 11.3 Å². The number of carbonyl (C=O) groups is 1. The zero-order valence-corrected chi connectivity index (χ0v) is 15.9. The molecule has 2 rings (SSSR count). The molecule has 0 bridgehead atoms. The lowest BCUT2D eigenvalue weighted by Gasteiger charge is -2.22. The molecule has 0 aliphatic carbocycles. The second-order valence-corrected chi connectivity index (χ2v) is 7.74. The zero-order chi connectivity index (χ0) is 17.7. The van der Waals surface area contributed by atoms with Gasteiger partial charge in [0.2, 0.25) is 5.91 Å². The van der Waals surface area contributed by atoms with E-state index in [0.29, 0.717) is 11.8 Å². The maximum absolute atomic E-state index is 12.3. The van der Waals surface area contributed by atoms with Crippen LogP contribution in [-0.4, -0.2) is 10.9 Å².